The van der Waals surface area contributed by atoms with E-state index in [0.29, 0.717) is 6.54 Å². The Kier molecular flexibility index (Phi) is 5.09. The van der Waals surface area contributed by atoms with Crippen LogP contribution >= 0.6 is 11.8 Å². The fraction of sp³-hybridized carbons (Fsp3) is 1.00. The van der Waals surface area contributed by atoms with Crippen LogP contribution in [-0.4, -0.2) is 58.5 Å². The normalized spacial score (nSPS) is 28.4. The van der Waals surface area contributed by atoms with Crippen molar-refractivity contribution in [1.29, 1.82) is 0 Å². The number of aliphatic hydroxyl groups excluding tert-OH is 2. The van der Waals surface area contributed by atoms with Crippen molar-refractivity contribution in [3.8, 4) is 0 Å². The standard InChI is InChI=1S/C9H19NO2S/c1-8-2-3-10(4-5-13-8)6-9(12)7-11/h8-9,11-12H,2-7H2,1H3. The van der Waals surface area contributed by atoms with Crippen molar-refractivity contribution >= 4 is 11.8 Å². The van der Waals surface area contributed by atoms with Gasteiger partial charge in [-0.3, -0.25) is 4.90 Å². The molecule has 0 aromatic carbocycles. The summed E-state index contributed by atoms with van der Waals surface area (Å²) in [4.78, 5) is 2.23. The summed E-state index contributed by atoms with van der Waals surface area (Å²) in [6.45, 7) is 4.82. The second kappa shape index (κ2) is 5.86. The topological polar surface area (TPSA) is 43.7 Å². The lowest BCUT2D eigenvalue weighted by Crippen LogP contribution is -2.35. The SMILES string of the molecule is CC1CCN(CC(O)CO)CCS1. The van der Waals surface area contributed by atoms with E-state index in [9.17, 15) is 5.11 Å². The van der Waals surface area contributed by atoms with Gasteiger partial charge in [-0.05, 0) is 13.0 Å². The van der Waals surface area contributed by atoms with E-state index in [1.807, 2.05) is 11.8 Å². The van der Waals surface area contributed by atoms with Gasteiger partial charge in [0, 0.05) is 24.1 Å². The Morgan fingerprint density at radius 2 is 2.31 bits per heavy atom. The Labute approximate surface area is 84.1 Å². The Hall–Kier alpha value is 0.230. The van der Waals surface area contributed by atoms with Crippen LogP contribution in [-0.2, 0) is 0 Å². The first-order valence-electron chi connectivity index (χ1n) is 4.85. The van der Waals surface area contributed by atoms with E-state index in [2.05, 4.69) is 11.8 Å². The zero-order chi connectivity index (χ0) is 9.68. The van der Waals surface area contributed by atoms with E-state index in [1.54, 1.807) is 0 Å². The summed E-state index contributed by atoms with van der Waals surface area (Å²) >= 11 is 1.99. The molecule has 2 N–H and O–H groups in total. The number of thioether (sulfide) groups is 1. The van der Waals surface area contributed by atoms with Gasteiger partial charge >= 0.3 is 0 Å². The number of aliphatic hydroxyl groups is 2. The van der Waals surface area contributed by atoms with Gasteiger partial charge in [-0.1, -0.05) is 6.92 Å². The molecular formula is C9H19NO2S. The maximum atomic E-state index is 9.27. The first-order valence-corrected chi connectivity index (χ1v) is 5.90. The van der Waals surface area contributed by atoms with Crippen LogP contribution in [0.15, 0.2) is 0 Å². The summed E-state index contributed by atoms with van der Waals surface area (Å²) in [6, 6.07) is 0. The molecule has 0 aliphatic carbocycles. The first-order chi connectivity index (χ1) is 6.22. The van der Waals surface area contributed by atoms with Gasteiger partial charge in [0.1, 0.15) is 0 Å². The lowest BCUT2D eigenvalue weighted by atomic mass is 10.3. The summed E-state index contributed by atoms with van der Waals surface area (Å²) in [6.07, 6.45) is 0.612. The minimum Gasteiger partial charge on any atom is -0.394 e. The van der Waals surface area contributed by atoms with Crippen LogP contribution in [0.4, 0.5) is 0 Å². The van der Waals surface area contributed by atoms with Crippen molar-refractivity contribution in [3.05, 3.63) is 0 Å². The average Bonchev–Trinajstić information content (AvgIpc) is 2.31. The molecule has 1 fully saturated rings. The predicted octanol–water partition coefficient (Wildman–Crippen LogP) is 0.167. The molecule has 2 unspecified atom stereocenters. The second-order valence-corrected chi connectivity index (χ2v) is 5.15. The molecule has 13 heavy (non-hydrogen) atoms. The van der Waals surface area contributed by atoms with Crippen molar-refractivity contribution in [2.24, 2.45) is 0 Å². The third kappa shape index (κ3) is 4.31. The summed E-state index contributed by atoms with van der Waals surface area (Å²) in [7, 11) is 0. The molecule has 0 spiro atoms. The smallest absolute Gasteiger partial charge is 0.0897 e. The maximum Gasteiger partial charge on any atom is 0.0897 e. The van der Waals surface area contributed by atoms with Gasteiger partial charge in [-0.15, -0.1) is 0 Å². The minimum atomic E-state index is -0.571. The lowest BCUT2D eigenvalue weighted by molar-refractivity contribution is 0.0612. The molecule has 4 heteroatoms. The van der Waals surface area contributed by atoms with E-state index >= 15 is 0 Å². The molecule has 0 saturated carbocycles. The Morgan fingerprint density at radius 1 is 1.54 bits per heavy atom. The zero-order valence-electron chi connectivity index (χ0n) is 8.15. The number of β-amino-alcohol motifs (C(OH)–C–C–N with tert-alkyl or cyclic N) is 1. The highest BCUT2D eigenvalue weighted by atomic mass is 32.2. The van der Waals surface area contributed by atoms with Crippen molar-refractivity contribution in [2.45, 2.75) is 24.7 Å². The van der Waals surface area contributed by atoms with Crippen molar-refractivity contribution < 1.29 is 10.2 Å². The van der Waals surface area contributed by atoms with Crippen LogP contribution in [0.1, 0.15) is 13.3 Å². The zero-order valence-corrected chi connectivity index (χ0v) is 8.96. The maximum absolute atomic E-state index is 9.27. The van der Waals surface area contributed by atoms with Crippen LogP contribution in [0.25, 0.3) is 0 Å². The van der Waals surface area contributed by atoms with Gasteiger partial charge < -0.3 is 10.2 Å². The summed E-state index contributed by atoms with van der Waals surface area (Å²) < 4.78 is 0. The average molecular weight is 205 g/mol. The highest BCUT2D eigenvalue weighted by Gasteiger charge is 2.16. The number of nitrogens with zero attached hydrogens (tertiary/aromatic N) is 1. The van der Waals surface area contributed by atoms with E-state index in [0.717, 1.165) is 24.1 Å². The Bertz CT molecular complexity index is 146. The van der Waals surface area contributed by atoms with Gasteiger partial charge in [0.05, 0.1) is 12.7 Å². The van der Waals surface area contributed by atoms with Crippen LogP contribution in [0.2, 0.25) is 0 Å². The first kappa shape index (κ1) is 11.3. The highest BCUT2D eigenvalue weighted by molar-refractivity contribution is 7.99. The molecule has 78 valence electrons. The summed E-state index contributed by atoms with van der Waals surface area (Å²) in [5, 5.41) is 18.7. The number of hydrogen-bond donors (Lipinski definition) is 2. The molecule has 1 aliphatic rings. The Morgan fingerprint density at radius 3 is 3.00 bits per heavy atom. The molecule has 0 amide bonds. The van der Waals surface area contributed by atoms with Gasteiger partial charge in [-0.25, -0.2) is 0 Å². The molecule has 0 aromatic heterocycles. The quantitative estimate of drug-likeness (QED) is 0.689. The third-order valence-corrected chi connectivity index (χ3v) is 3.56. The summed E-state index contributed by atoms with van der Waals surface area (Å²) in [5.74, 6) is 1.14. The molecule has 0 aromatic rings. The third-order valence-electron chi connectivity index (χ3n) is 2.34. The largest absolute Gasteiger partial charge is 0.394 e. The summed E-state index contributed by atoms with van der Waals surface area (Å²) in [5.41, 5.74) is 0. The second-order valence-electron chi connectivity index (χ2n) is 3.61. The fourth-order valence-electron chi connectivity index (χ4n) is 1.48. The monoisotopic (exact) mass is 205 g/mol. The van der Waals surface area contributed by atoms with Crippen LogP contribution in [0, 0.1) is 0 Å². The van der Waals surface area contributed by atoms with E-state index in [1.165, 1.54) is 6.42 Å². The van der Waals surface area contributed by atoms with E-state index in [4.69, 9.17) is 5.11 Å². The predicted molar refractivity (Wildman–Crippen MR) is 56.1 cm³/mol. The van der Waals surface area contributed by atoms with Crippen molar-refractivity contribution in [2.75, 3.05) is 32.0 Å². The van der Waals surface area contributed by atoms with E-state index < -0.39 is 6.10 Å². The molecule has 0 bridgehead atoms. The molecular weight excluding hydrogens is 186 g/mol. The van der Waals surface area contributed by atoms with Gasteiger partial charge in [0.25, 0.3) is 0 Å². The molecule has 1 aliphatic heterocycles. The minimum absolute atomic E-state index is 0.126. The van der Waals surface area contributed by atoms with Gasteiger partial charge in [0.2, 0.25) is 0 Å². The molecule has 1 rings (SSSR count). The van der Waals surface area contributed by atoms with Crippen LogP contribution in [0.5, 0.6) is 0 Å². The van der Waals surface area contributed by atoms with Gasteiger partial charge in [-0.2, -0.15) is 11.8 Å². The number of rotatable bonds is 3. The van der Waals surface area contributed by atoms with Crippen molar-refractivity contribution in [1.82, 2.24) is 4.90 Å². The van der Waals surface area contributed by atoms with E-state index in [-0.39, 0.29) is 6.61 Å². The molecule has 0 radical (unpaired) electrons. The number of hydrogen-bond acceptors (Lipinski definition) is 4. The molecule has 1 saturated heterocycles. The molecule has 3 nitrogen and oxygen atoms in total. The molecule has 2 atom stereocenters. The van der Waals surface area contributed by atoms with Gasteiger partial charge in [0.15, 0.2) is 0 Å². The van der Waals surface area contributed by atoms with Crippen molar-refractivity contribution in [3.63, 3.8) is 0 Å². The van der Waals surface area contributed by atoms with Crippen LogP contribution in [0.3, 0.4) is 0 Å². The fourth-order valence-corrected chi connectivity index (χ4v) is 2.52. The van der Waals surface area contributed by atoms with Crippen LogP contribution < -0.4 is 0 Å². The highest BCUT2D eigenvalue weighted by Crippen LogP contribution is 2.18. The molecule has 1 heterocycles. The lowest BCUT2D eigenvalue weighted by Gasteiger charge is -2.21. The Balaban J connectivity index is 2.25.